The largest absolute Gasteiger partial charge is 0.383 e. The SMILES string of the molecule is CCc1cccc(NC(=O)C(N)COC)c1. The summed E-state index contributed by atoms with van der Waals surface area (Å²) in [4.78, 5) is 11.6. The minimum atomic E-state index is -0.629. The Labute approximate surface area is 95.8 Å². The van der Waals surface area contributed by atoms with E-state index in [-0.39, 0.29) is 12.5 Å². The third kappa shape index (κ3) is 3.64. The molecule has 88 valence electrons. The van der Waals surface area contributed by atoms with Gasteiger partial charge < -0.3 is 15.8 Å². The van der Waals surface area contributed by atoms with Crippen LogP contribution in [0.15, 0.2) is 24.3 Å². The first-order chi connectivity index (χ1) is 7.67. The lowest BCUT2D eigenvalue weighted by atomic mass is 10.1. The van der Waals surface area contributed by atoms with Crippen LogP contribution in [0, 0.1) is 0 Å². The minimum absolute atomic E-state index is 0.222. The number of carbonyl (C=O) groups is 1. The molecular weight excluding hydrogens is 204 g/mol. The molecule has 0 aliphatic carbocycles. The number of nitrogens with one attached hydrogen (secondary N) is 1. The van der Waals surface area contributed by atoms with Crippen molar-refractivity contribution in [3.05, 3.63) is 29.8 Å². The van der Waals surface area contributed by atoms with Gasteiger partial charge in [-0.1, -0.05) is 19.1 Å². The van der Waals surface area contributed by atoms with Crippen LogP contribution in [0.5, 0.6) is 0 Å². The Hall–Kier alpha value is -1.39. The molecule has 1 aromatic rings. The van der Waals surface area contributed by atoms with Gasteiger partial charge in [0.2, 0.25) is 5.91 Å². The normalized spacial score (nSPS) is 12.2. The first-order valence-corrected chi connectivity index (χ1v) is 5.31. The molecule has 4 heteroatoms. The van der Waals surface area contributed by atoms with E-state index in [4.69, 9.17) is 10.5 Å². The molecule has 0 aliphatic rings. The average molecular weight is 222 g/mol. The summed E-state index contributed by atoms with van der Waals surface area (Å²) in [5, 5.41) is 2.76. The fraction of sp³-hybridized carbons (Fsp3) is 0.417. The lowest BCUT2D eigenvalue weighted by molar-refractivity contribution is -0.118. The molecule has 0 saturated heterocycles. The number of amides is 1. The van der Waals surface area contributed by atoms with E-state index in [1.54, 1.807) is 0 Å². The molecule has 0 aliphatic heterocycles. The van der Waals surface area contributed by atoms with Crippen LogP contribution in [-0.2, 0) is 16.0 Å². The monoisotopic (exact) mass is 222 g/mol. The number of hydrogen-bond acceptors (Lipinski definition) is 3. The number of carbonyl (C=O) groups excluding carboxylic acids is 1. The van der Waals surface area contributed by atoms with Gasteiger partial charge in [-0.15, -0.1) is 0 Å². The number of nitrogens with two attached hydrogens (primary N) is 1. The van der Waals surface area contributed by atoms with Gasteiger partial charge in [0.25, 0.3) is 0 Å². The fourth-order valence-electron chi connectivity index (χ4n) is 1.36. The van der Waals surface area contributed by atoms with Gasteiger partial charge >= 0.3 is 0 Å². The van der Waals surface area contributed by atoms with Crippen molar-refractivity contribution in [3.63, 3.8) is 0 Å². The smallest absolute Gasteiger partial charge is 0.243 e. The maximum Gasteiger partial charge on any atom is 0.243 e. The van der Waals surface area contributed by atoms with E-state index in [1.807, 2.05) is 24.3 Å². The van der Waals surface area contributed by atoms with Crippen LogP contribution in [0.3, 0.4) is 0 Å². The Morgan fingerprint density at radius 3 is 2.94 bits per heavy atom. The van der Waals surface area contributed by atoms with Gasteiger partial charge in [0, 0.05) is 12.8 Å². The average Bonchev–Trinajstić information content (AvgIpc) is 2.29. The van der Waals surface area contributed by atoms with Gasteiger partial charge in [0.05, 0.1) is 6.61 Å². The zero-order chi connectivity index (χ0) is 12.0. The zero-order valence-corrected chi connectivity index (χ0v) is 9.69. The number of aryl methyl sites for hydroxylation is 1. The molecule has 3 N–H and O–H groups in total. The summed E-state index contributed by atoms with van der Waals surface area (Å²) in [6.45, 7) is 2.29. The highest BCUT2D eigenvalue weighted by Gasteiger charge is 2.12. The molecule has 1 aromatic carbocycles. The zero-order valence-electron chi connectivity index (χ0n) is 9.69. The van der Waals surface area contributed by atoms with Gasteiger partial charge in [-0.2, -0.15) is 0 Å². The van der Waals surface area contributed by atoms with Gasteiger partial charge in [-0.3, -0.25) is 4.79 Å². The highest BCUT2D eigenvalue weighted by Crippen LogP contribution is 2.11. The lowest BCUT2D eigenvalue weighted by Crippen LogP contribution is -2.39. The predicted octanol–water partition coefficient (Wildman–Crippen LogP) is 1.16. The predicted molar refractivity (Wildman–Crippen MR) is 64.3 cm³/mol. The molecule has 1 rings (SSSR count). The second-order valence-electron chi connectivity index (χ2n) is 3.61. The van der Waals surface area contributed by atoms with E-state index in [0.717, 1.165) is 12.1 Å². The highest BCUT2D eigenvalue weighted by atomic mass is 16.5. The third-order valence-corrected chi connectivity index (χ3v) is 2.29. The van der Waals surface area contributed by atoms with Crippen LogP contribution < -0.4 is 11.1 Å². The van der Waals surface area contributed by atoms with Crippen molar-refractivity contribution in [2.24, 2.45) is 5.73 Å². The van der Waals surface area contributed by atoms with Crippen molar-refractivity contribution >= 4 is 11.6 Å². The molecular formula is C12H18N2O2. The first kappa shape index (κ1) is 12.7. The summed E-state index contributed by atoms with van der Waals surface area (Å²) in [5.41, 5.74) is 7.56. The topological polar surface area (TPSA) is 64.4 Å². The van der Waals surface area contributed by atoms with E-state index in [0.29, 0.717) is 0 Å². The Balaban J connectivity index is 2.61. The van der Waals surface area contributed by atoms with Crippen molar-refractivity contribution in [2.45, 2.75) is 19.4 Å². The van der Waals surface area contributed by atoms with Crippen LogP contribution >= 0.6 is 0 Å². The van der Waals surface area contributed by atoms with E-state index < -0.39 is 6.04 Å². The molecule has 0 fully saturated rings. The molecule has 1 atom stereocenters. The standard InChI is InChI=1S/C12H18N2O2/c1-3-9-5-4-6-10(7-9)14-12(15)11(13)8-16-2/h4-7,11H,3,8,13H2,1-2H3,(H,14,15). The van der Waals surface area contributed by atoms with Crippen LogP contribution in [0.4, 0.5) is 5.69 Å². The Bertz CT molecular complexity index is 353. The molecule has 1 unspecified atom stereocenters. The third-order valence-electron chi connectivity index (χ3n) is 2.29. The minimum Gasteiger partial charge on any atom is -0.383 e. The first-order valence-electron chi connectivity index (χ1n) is 5.31. The summed E-state index contributed by atoms with van der Waals surface area (Å²) < 4.78 is 4.82. The van der Waals surface area contributed by atoms with Gasteiger partial charge in [0.15, 0.2) is 0 Å². The van der Waals surface area contributed by atoms with E-state index in [2.05, 4.69) is 12.2 Å². The molecule has 1 amide bonds. The summed E-state index contributed by atoms with van der Waals surface area (Å²) in [6, 6.07) is 7.09. The maximum atomic E-state index is 11.6. The number of rotatable bonds is 5. The molecule has 16 heavy (non-hydrogen) atoms. The molecule has 0 radical (unpaired) electrons. The Morgan fingerprint density at radius 1 is 1.56 bits per heavy atom. The highest BCUT2D eigenvalue weighted by molar-refractivity contribution is 5.94. The molecule has 0 aromatic heterocycles. The van der Waals surface area contributed by atoms with Crippen LogP contribution in [0.1, 0.15) is 12.5 Å². The van der Waals surface area contributed by atoms with Gasteiger partial charge in [-0.05, 0) is 24.1 Å². The quantitative estimate of drug-likeness (QED) is 0.785. The molecule has 0 bridgehead atoms. The van der Waals surface area contributed by atoms with Crippen LogP contribution in [0.2, 0.25) is 0 Å². The fourth-order valence-corrected chi connectivity index (χ4v) is 1.36. The summed E-state index contributed by atoms with van der Waals surface area (Å²) in [5.74, 6) is -0.227. The van der Waals surface area contributed by atoms with E-state index in [9.17, 15) is 4.79 Å². The molecule has 0 spiro atoms. The van der Waals surface area contributed by atoms with Crippen LogP contribution in [-0.4, -0.2) is 25.7 Å². The number of methoxy groups -OCH3 is 1. The van der Waals surface area contributed by atoms with Crippen LogP contribution in [0.25, 0.3) is 0 Å². The second kappa shape index (κ2) is 6.25. The summed E-state index contributed by atoms with van der Waals surface area (Å²) in [7, 11) is 1.52. The molecule has 0 heterocycles. The lowest BCUT2D eigenvalue weighted by Gasteiger charge is -2.11. The molecule has 0 saturated carbocycles. The molecule has 4 nitrogen and oxygen atoms in total. The van der Waals surface area contributed by atoms with E-state index >= 15 is 0 Å². The van der Waals surface area contributed by atoms with Crippen molar-refractivity contribution in [1.29, 1.82) is 0 Å². The van der Waals surface area contributed by atoms with Crippen molar-refractivity contribution in [2.75, 3.05) is 19.0 Å². The Morgan fingerprint density at radius 2 is 2.31 bits per heavy atom. The maximum absolute atomic E-state index is 11.6. The Kier molecular flexibility index (Phi) is 4.95. The summed E-state index contributed by atoms with van der Waals surface area (Å²) in [6.07, 6.45) is 0.938. The van der Waals surface area contributed by atoms with Gasteiger partial charge in [0.1, 0.15) is 6.04 Å². The van der Waals surface area contributed by atoms with Crippen molar-refractivity contribution < 1.29 is 9.53 Å². The van der Waals surface area contributed by atoms with Gasteiger partial charge in [-0.25, -0.2) is 0 Å². The summed E-state index contributed by atoms with van der Waals surface area (Å²) >= 11 is 0. The van der Waals surface area contributed by atoms with Crippen molar-refractivity contribution in [1.82, 2.24) is 0 Å². The number of ether oxygens (including phenoxy) is 1. The number of benzene rings is 1. The number of anilines is 1. The van der Waals surface area contributed by atoms with E-state index in [1.165, 1.54) is 12.7 Å². The number of hydrogen-bond donors (Lipinski definition) is 2. The van der Waals surface area contributed by atoms with Crippen molar-refractivity contribution in [3.8, 4) is 0 Å². The second-order valence-corrected chi connectivity index (χ2v) is 3.61.